The lowest BCUT2D eigenvalue weighted by molar-refractivity contribution is -0.197. The standard InChI is InChI=1S/C14H26O3/c1-12(2,3)9-7-8-10(15)14(17,11(9)16)13(4,5)6/h9,11,16-17H,7-8H2,1-6H3. The van der Waals surface area contributed by atoms with Gasteiger partial charge in [-0.2, -0.15) is 0 Å². The van der Waals surface area contributed by atoms with Crippen molar-refractivity contribution in [3.05, 3.63) is 0 Å². The van der Waals surface area contributed by atoms with Gasteiger partial charge in [-0.3, -0.25) is 4.79 Å². The second kappa shape index (κ2) is 4.06. The van der Waals surface area contributed by atoms with E-state index < -0.39 is 17.1 Å². The van der Waals surface area contributed by atoms with Crippen LogP contribution in [0.4, 0.5) is 0 Å². The van der Waals surface area contributed by atoms with Crippen LogP contribution in [0, 0.1) is 16.7 Å². The van der Waals surface area contributed by atoms with Gasteiger partial charge in [0.25, 0.3) is 0 Å². The first-order valence-corrected chi connectivity index (χ1v) is 6.36. The summed E-state index contributed by atoms with van der Waals surface area (Å²) in [6.07, 6.45) is 0.0259. The number of aliphatic hydroxyl groups is 2. The van der Waals surface area contributed by atoms with Gasteiger partial charge in [0.2, 0.25) is 0 Å². The maximum Gasteiger partial charge on any atom is 0.167 e. The monoisotopic (exact) mass is 242 g/mol. The van der Waals surface area contributed by atoms with Crippen molar-refractivity contribution in [2.24, 2.45) is 16.7 Å². The number of rotatable bonds is 0. The first kappa shape index (κ1) is 14.7. The van der Waals surface area contributed by atoms with E-state index >= 15 is 0 Å². The summed E-state index contributed by atoms with van der Waals surface area (Å²) in [5.74, 6) is -0.276. The average molecular weight is 242 g/mol. The van der Waals surface area contributed by atoms with Crippen molar-refractivity contribution in [2.75, 3.05) is 0 Å². The van der Waals surface area contributed by atoms with Gasteiger partial charge in [-0.15, -0.1) is 0 Å². The highest BCUT2D eigenvalue weighted by Crippen LogP contribution is 2.47. The molecule has 1 aliphatic carbocycles. The van der Waals surface area contributed by atoms with E-state index in [1.165, 1.54) is 0 Å². The van der Waals surface area contributed by atoms with Gasteiger partial charge in [0.05, 0.1) is 6.10 Å². The summed E-state index contributed by atoms with van der Waals surface area (Å²) in [4.78, 5) is 12.0. The molecule has 0 aromatic heterocycles. The minimum atomic E-state index is -1.62. The lowest BCUT2D eigenvalue weighted by Crippen LogP contribution is -2.64. The normalized spacial score (nSPS) is 36.1. The zero-order valence-corrected chi connectivity index (χ0v) is 11.9. The molecule has 1 saturated carbocycles. The van der Waals surface area contributed by atoms with Gasteiger partial charge in [0.1, 0.15) is 0 Å². The molecule has 2 N–H and O–H groups in total. The molecule has 0 bridgehead atoms. The Morgan fingerprint density at radius 1 is 1.18 bits per heavy atom. The van der Waals surface area contributed by atoms with E-state index in [1.807, 2.05) is 20.8 Å². The molecule has 3 unspecified atom stereocenters. The Morgan fingerprint density at radius 2 is 1.65 bits per heavy atom. The molecule has 3 heteroatoms. The topological polar surface area (TPSA) is 57.5 Å². The second-order valence-corrected chi connectivity index (χ2v) is 7.40. The summed E-state index contributed by atoms with van der Waals surface area (Å²) in [5, 5.41) is 21.1. The van der Waals surface area contributed by atoms with Crippen molar-refractivity contribution in [1.29, 1.82) is 0 Å². The van der Waals surface area contributed by atoms with Crippen LogP contribution in [-0.4, -0.2) is 27.7 Å². The molecule has 0 aromatic rings. The number of hydrogen-bond donors (Lipinski definition) is 2. The molecule has 0 aliphatic heterocycles. The molecule has 3 nitrogen and oxygen atoms in total. The van der Waals surface area contributed by atoms with Crippen LogP contribution in [0.15, 0.2) is 0 Å². The van der Waals surface area contributed by atoms with Crippen molar-refractivity contribution in [1.82, 2.24) is 0 Å². The quantitative estimate of drug-likeness (QED) is 0.684. The first-order valence-electron chi connectivity index (χ1n) is 6.36. The Morgan fingerprint density at radius 3 is 2.00 bits per heavy atom. The molecule has 17 heavy (non-hydrogen) atoms. The van der Waals surface area contributed by atoms with Crippen LogP contribution in [0.1, 0.15) is 54.4 Å². The third kappa shape index (κ3) is 2.27. The number of hydrogen-bond acceptors (Lipinski definition) is 3. The minimum Gasteiger partial charge on any atom is -0.389 e. The Kier molecular flexibility index (Phi) is 3.50. The maximum atomic E-state index is 12.0. The molecule has 100 valence electrons. The average Bonchev–Trinajstić information content (AvgIpc) is 2.10. The van der Waals surface area contributed by atoms with Crippen LogP contribution in [0.3, 0.4) is 0 Å². The third-order valence-electron chi connectivity index (χ3n) is 4.17. The molecule has 0 radical (unpaired) electrons. The maximum absolute atomic E-state index is 12.0. The Bertz CT molecular complexity index is 308. The Hall–Kier alpha value is -0.410. The van der Waals surface area contributed by atoms with Gasteiger partial charge < -0.3 is 10.2 Å². The van der Waals surface area contributed by atoms with Crippen molar-refractivity contribution in [3.8, 4) is 0 Å². The fourth-order valence-corrected chi connectivity index (χ4v) is 2.86. The van der Waals surface area contributed by atoms with Crippen LogP contribution in [0.5, 0.6) is 0 Å². The SMILES string of the molecule is CC(C)(C)C1CCC(=O)C(O)(C(C)(C)C)C1O. The molecular formula is C14H26O3. The van der Waals surface area contributed by atoms with Gasteiger partial charge >= 0.3 is 0 Å². The second-order valence-electron chi connectivity index (χ2n) is 7.40. The molecule has 0 saturated heterocycles. The molecule has 1 rings (SSSR count). The summed E-state index contributed by atoms with van der Waals surface area (Å²) in [6.45, 7) is 11.5. The lowest BCUT2D eigenvalue weighted by Gasteiger charge is -2.51. The summed E-state index contributed by atoms with van der Waals surface area (Å²) in [7, 11) is 0. The van der Waals surface area contributed by atoms with E-state index in [0.717, 1.165) is 0 Å². The van der Waals surface area contributed by atoms with E-state index in [-0.39, 0.29) is 17.1 Å². The molecule has 3 atom stereocenters. The van der Waals surface area contributed by atoms with E-state index in [9.17, 15) is 15.0 Å². The summed E-state index contributed by atoms with van der Waals surface area (Å²) in [6, 6.07) is 0. The summed E-state index contributed by atoms with van der Waals surface area (Å²) in [5.41, 5.74) is -2.38. The van der Waals surface area contributed by atoms with Crippen LogP contribution in [0.2, 0.25) is 0 Å². The van der Waals surface area contributed by atoms with Crippen LogP contribution in [0.25, 0.3) is 0 Å². The lowest BCUT2D eigenvalue weighted by atomic mass is 9.58. The molecular weight excluding hydrogens is 216 g/mol. The molecule has 1 fully saturated rings. The molecule has 1 aliphatic rings. The van der Waals surface area contributed by atoms with E-state index in [4.69, 9.17) is 0 Å². The number of Topliss-reactive ketones (excluding diaryl/α,β-unsaturated/α-hetero) is 1. The number of carbonyl (C=O) groups is 1. The van der Waals surface area contributed by atoms with E-state index in [2.05, 4.69) is 0 Å². The zero-order chi connectivity index (χ0) is 13.6. The smallest absolute Gasteiger partial charge is 0.167 e. The third-order valence-corrected chi connectivity index (χ3v) is 4.17. The van der Waals surface area contributed by atoms with E-state index in [1.54, 1.807) is 20.8 Å². The van der Waals surface area contributed by atoms with Crippen molar-refractivity contribution in [3.63, 3.8) is 0 Å². The van der Waals surface area contributed by atoms with Gasteiger partial charge in [0, 0.05) is 11.8 Å². The molecule has 0 spiro atoms. The van der Waals surface area contributed by atoms with Crippen molar-refractivity contribution in [2.45, 2.75) is 66.1 Å². The molecule has 0 amide bonds. The van der Waals surface area contributed by atoms with Crippen LogP contribution in [-0.2, 0) is 4.79 Å². The highest BCUT2D eigenvalue weighted by atomic mass is 16.4. The minimum absolute atomic E-state index is 0.0515. The summed E-state index contributed by atoms with van der Waals surface area (Å²) >= 11 is 0. The molecule has 0 aromatic carbocycles. The molecule has 0 heterocycles. The van der Waals surface area contributed by atoms with Gasteiger partial charge in [-0.05, 0) is 17.8 Å². The van der Waals surface area contributed by atoms with Crippen LogP contribution >= 0.6 is 0 Å². The Balaban J connectivity index is 3.17. The Labute approximate surface area is 104 Å². The van der Waals surface area contributed by atoms with Gasteiger partial charge in [0.15, 0.2) is 11.4 Å². The zero-order valence-electron chi connectivity index (χ0n) is 11.9. The highest BCUT2D eigenvalue weighted by Gasteiger charge is 2.58. The first-order chi connectivity index (χ1) is 7.42. The van der Waals surface area contributed by atoms with Crippen molar-refractivity contribution < 1.29 is 15.0 Å². The fraction of sp³-hybridized carbons (Fsp3) is 0.929. The van der Waals surface area contributed by atoms with E-state index in [0.29, 0.717) is 12.8 Å². The van der Waals surface area contributed by atoms with Crippen molar-refractivity contribution >= 4 is 5.78 Å². The van der Waals surface area contributed by atoms with Crippen LogP contribution < -0.4 is 0 Å². The fourth-order valence-electron chi connectivity index (χ4n) is 2.86. The number of ketones is 1. The van der Waals surface area contributed by atoms with Gasteiger partial charge in [-0.25, -0.2) is 0 Å². The summed E-state index contributed by atoms with van der Waals surface area (Å²) < 4.78 is 0. The predicted octanol–water partition coefficient (Wildman–Crippen LogP) is 2.15. The number of aliphatic hydroxyl groups excluding tert-OH is 1. The van der Waals surface area contributed by atoms with Gasteiger partial charge in [-0.1, -0.05) is 41.5 Å². The largest absolute Gasteiger partial charge is 0.389 e. The highest BCUT2D eigenvalue weighted by molar-refractivity contribution is 5.89. The predicted molar refractivity (Wildman–Crippen MR) is 67.6 cm³/mol. The number of carbonyl (C=O) groups excluding carboxylic acids is 1.